The Kier molecular flexibility index (Phi) is 3.90. The van der Waals surface area contributed by atoms with Crippen LogP contribution in [-0.4, -0.2) is 22.6 Å². The van der Waals surface area contributed by atoms with Crippen LogP contribution in [0.3, 0.4) is 0 Å². The molecule has 0 saturated heterocycles. The van der Waals surface area contributed by atoms with Crippen molar-refractivity contribution >= 4 is 11.8 Å². The molecule has 2 rings (SSSR count). The molecule has 96 valence electrons. The van der Waals surface area contributed by atoms with Crippen LogP contribution in [0.5, 0.6) is 0 Å². The first-order chi connectivity index (χ1) is 9.19. The molecule has 3 N–H and O–H groups in total. The maximum atomic E-state index is 11.8. The number of hydrogen-bond acceptors (Lipinski definition) is 5. The van der Waals surface area contributed by atoms with E-state index in [0.717, 1.165) is 0 Å². The summed E-state index contributed by atoms with van der Waals surface area (Å²) in [7, 11) is 0. The standard InChI is InChI=1S/C13H12N4O2/c1-9-7-12(19-17-9)16-13(18)11-5-4-10(8-15-11)3-2-6-14/h4-5,7-8H,6,14H2,1H3,(H,16,18). The average Bonchev–Trinajstić information content (AvgIpc) is 2.82. The van der Waals surface area contributed by atoms with Gasteiger partial charge >= 0.3 is 0 Å². The van der Waals surface area contributed by atoms with Gasteiger partial charge in [0, 0.05) is 17.8 Å². The van der Waals surface area contributed by atoms with Gasteiger partial charge in [0.25, 0.3) is 5.91 Å². The van der Waals surface area contributed by atoms with Crippen molar-refractivity contribution in [3.05, 3.63) is 41.3 Å². The number of nitrogens with zero attached hydrogens (tertiary/aromatic N) is 2. The number of carbonyl (C=O) groups excluding carboxylic acids is 1. The zero-order chi connectivity index (χ0) is 13.7. The molecule has 0 spiro atoms. The van der Waals surface area contributed by atoms with E-state index in [2.05, 4.69) is 27.3 Å². The van der Waals surface area contributed by atoms with E-state index in [1.807, 2.05) is 0 Å². The molecular formula is C13H12N4O2. The summed E-state index contributed by atoms with van der Waals surface area (Å²) in [6.07, 6.45) is 1.52. The molecule has 0 saturated carbocycles. The fraction of sp³-hybridized carbons (Fsp3) is 0.154. The summed E-state index contributed by atoms with van der Waals surface area (Å²) >= 11 is 0. The Balaban J connectivity index is 2.07. The van der Waals surface area contributed by atoms with Crippen LogP contribution in [0.4, 0.5) is 5.88 Å². The third-order valence-corrected chi connectivity index (χ3v) is 2.20. The fourth-order valence-corrected chi connectivity index (χ4v) is 1.35. The smallest absolute Gasteiger partial charge is 0.276 e. The number of anilines is 1. The second-order valence-electron chi connectivity index (χ2n) is 3.72. The largest absolute Gasteiger partial charge is 0.338 e. The average molecular weight is 256 g/mol. The van der Waals surface area contributed by atoms with Gasteiger partial charge in [-0.05, 0) is 19.1 Å². The lowest BCUT2D eigenvalue weighted by Gasteiger charge is -2.00. The van der Waals surface area contributed by atoms with Crippen LogP contribution in [0.25, 0.3) is 0 Å². The molecule has 0 bridgehead atoms. The van der Waals surface area contributed by atoms with Crippen molar-refractivity contribution in [2.24, 2.45) is 5.73 Å². The molecule has 0 fully saturated rings. The minimum absolute atomic E-state index is 0.271. The van der Waals surface area contributed by atoms with Crippen molar-refractivity contribution in [1.29, 1.82) is 0 Å². The minimum atomic E-state index is -0.366. The highest BCUT2D eigenvalue weighted by Gasteiger charge is 2.10. The number of aromatic nitrogens is 2. The van der Waals surface area contributed by atoms with E-state index in [9.17, 15) is 4.79 Å². The molecular weight excluding hydrogens is 244 g/mol. The maximum absolute atomic E-state index is 11.8. The van der Waals surface area contributed by atoms with E-state index in [-0.39, 0.29) is 24.0 Å². The number of nitrogens with two attached hydrogens (primary N) is 1. The lowest BCUT2D eigenvalue weighted by molar-refractivity contribution is 0.101. The molecule has 2 aromatic heterocycles. The molecule has 19 heavy (non-hydrogen) atoms. The van der Waals surface area contributed by atoms with Gasteiger partial charge in [-0.25, -0.2) is 4.98 Å². The summed E-state index contributed by atoms with van der Waals surface area (Å²) in [6, 6.07) is 4.91. The van der Waals surface area contributed by atoms with Crippen molar-refractivity contribution in [3.63, 3.8) is 0 Å². The summed E-state index contributed by atoms with van der Waals surface area (Å²) in [5.41, 5.74) is 6.94. The van der Waals surface area contributed by atoms with E-state index < -0.39 is 0 Å². The second kappa shape index (κ2) is 5.80. The number of rotatable bonds is 2. The first-order valence-electron chi connectivity index (χ1n) is 5.58. The highest BCUT2D eigenvalue weighted by Crippen LogP contribution is 2.10. The molecule has 2 aromatic rings. The number of hydrogen-bond donors (Lipinski definition) is 2. The number of carbonyl (C=O) groups is 1. The van der Waals surface area contributed by atoms with Crippen LogP contribution < -0.4 is 11.1 Å². The first-order valence-corrected chi connectivity index (χ1v) is 5.58. The minimum Gasteiger partial charge on any atom is -0.338 e. The van der Waals surface area contributed by atoms with E-state index in [1.54, 1.807) is 25.1 Å². The lowest BCUT2D eigenvalue weighted by atomic mass is 10.2. The number of pyridine rings is 1. The second-order valence-corrected chi connectivity index (χ2v) is 3.72. The van der Waals surface area contributed by atoms with Crippen LogP contribution in [0.1, 0.15) is 21.7 Å². The third-order valence-electron chi connectivity index (χ3n) is 2.20. The molecule has 0 aliphatic rings. The highest BCUT2D eigenvalue weighted by molar-refractivity contribution is 6.02. The number of nitrogens with one attached hydrogen (secondary N) is 1. The summed E-state index contributed by atoms with van der Waals surface area (Å²) in [5, 5.41) is 6.23. The van der Waals surface area contributed by atoms with Gasteiger partial charge in [-0.2, -0.15) is 0 Å². The summed E-state index contributed by atoms with van der Waals surface area (Å²) in [5.74, 6) is 5.46. The topological polar surface area (TPSA) is 94.0 Å². The SMILES string of the molecule is Cc1cc(NC(=O)c2ccc(C#CCN)cn2)on1. The van der Waals surface area contributed by atoms with Gasteiger partial charge in [0.15, 0.2) is 0 Å². The lowest BCUT2D eigenvalue weighted by Crippen LogP contribution is -2.13. The van der Waals surface area contributed by atoms with Crippen LogP contribution in [0, 0.1) is 18.8 Å². The quantitative estimate of drug-likeness (QED) is 0.780. The predicted octanol–water partition coefficient (Wildman–Crippen LogP) is 0.941. The summed E-state index contributed by atoms with van der Waals surface area (Å²) in [4.78, 5) is 15.8. The Morgan fingerprint density at radius 1 is 1.53 bits per heavy atom. The Labute approximate surface area is 110 Å². The summed E-state index contributed by atoms with van der Waals surface area (Å²) in [6.45, 7) is 2.05. The molecule has 2 heterocycles. The Morgan fingerprint density at radius 3 is 2.95 bits per heavy atom. The molecule has 0 unspecified atom stereocenters. The van der Waals surface area contributed by atoms with E-state index >= 15 is 0 Å². The van der Waals surface area contributed by atoms with Crippen molar-refractivity contribution in [2.75, 3.05) is 11.9 Å². The van der Waals surface area contributed by atoms with Gasteiger partial charge in [0.05, 0.1) is 12.2 Å². The normalized spacial score (nSPS) is 9.58. The monoisotopic (exact) mass is 256 g/mol. The van der Waals surface area contributed by atoms with Crippen molar-refractivity contribution in [2.45, 2.75) is 6.92 Å². The van der Waals surface area contributed by atoms with Gasteiger partial charge in [-0.15, -0.1) is 0 Å². The zero-order valence-electron chi connectivity index (χ0n) is 10.3. The first kappa shape index (κ1) is 12.8. The van der Waals surface area contributed by atoms with Gasteiger partial charge in [-0.3, -0.25) is 10.1 Å². The van der Waals surface area contributed by atoms with E-state index in [1.165, 1.54) is 6.20 Å². The van der Waals surface area contributed by atoms with Crippen LogP contribution in [-0.2, 0) is 0 Å². The number of aryl methyl sites for hydroxylation is 1. The van der Waals surface area contributed by atoms with Gasteiger partial charge < -0.3 is 10.3 Å². The molecule has 0 aliphatic carbocycles. The molecule has 0 atom stereocenters. The van der Waals surface area contributed by atoms with Gasteiger partial charge in [0.2, 0.25) is 5.88 Å². The van der Waals surface area contributed by atoms with E-state index in [0.29, 0.717) is 11.3 Å². The molecule has 1 amide bonds. The van der Waals surface area contributed by atoms with Crippen molar-refractivity contribution < 1.29 is 9.32 Å². The molecule has 6 nitrogen and oxygen atoms in total. The molecule has 0 aromatic carbocycles. The molecule has 0 aliphatic heterocycles. The fourth-order valence-electron chi connectivity index (χ4n) is 1.35. The third kappa shape index (κ3) is 3.40. The molecule has 0 radical (unpaired) electrons. The van der Waals surface area contributed by atoms with Crippen LogP contribution in [0.2, 0.25) is 0 Å². The Bertz CT molecular complexity index is 635. The van der Waals surface area contributed by atoms with Crippen LogP contribution >= 0.6 is 0 Å². The molecule has 6 heteroatoms. The Morgan fingerprint density at radius 2 is 2.37 bits per heavy atom. The highest BCUT2D eigenvalue weighted by atomic mass is 16.5. The summed E-state index contributed by atoms with van der Waals surface area (Å²) < 4.78 is 4.89. The van der Waals surface area contributed by atoms with Gasteiger partial charge in [0.1, 0.15) is 5.69 Å². The predicted molar refractivity (Wildman–Crippen MR) is 69.4 cm³/mol. The van der Waals surface area contributed by atoms with E-state index in [4.69, 9.17) is 10.3 Å². The van der Waals surface area contributed by atoms with Crippen molar-refractivity contribution in [1.82, 2.24) is 10.1 Å². The Hall–Kier alpha value is -2.65. The zero-order valence-corrected chi connectivity index (χ0v) is 10.3. The number of amides is 1. The van der Waals surface area contributed by atoms with Crippen LogP contribution in [0.15, 0.2) is 28.9 Å². The maximum Gasteiger partial charge on any atom is 0.276 e. The van der Waals surface area contributed by atoms with Crippen molar-refractivity contribution in [3.8, 4) is 11.8 Å². The van der Waals surface area contributed by atoms with Gasteiger partial charge in [-0.1, -0.05) is 17.0 Å².